The fourth-order valence-corrected chi connectivity index (χ4v) is 10.9. The molecule has 0 radical (unpaired) electrons. The number of hydrogen-bond acceptors (Lipinski definition) is 21. The maximum atomic E-state index is 15.2. The molecule has 3 aromatic rings. The normalized spacial score (nSPS) is 30.7. The van der Waals surface area contributed by atoms with E-state index >= 15 is 9.59 Å². The molecule has 6 heterocycles. The van der Waals surface area contributed by atoms with Gasteiger partial charge in [0.05, 0.1) is 50.9 Å². The van der Waals surface area contributed by atoms with Gasteiger partial charge in [-0.2, -0.15) is 0 Å². The van der Waals surface area contributed by atoms with Gasteiger partial charge in [0.25, 0.3) is 0 Å². The second kappa shape index (κ2) is 21.5. The molecule has 3 bridgehead atoms. The van der Waals surface area contributed by atoms with E-state index in [2.05, 4.69) is 38.6 Å². The average Bonchev–Trinajstić information content (AvgIpc) is 3.82. The van der Waals surface area contributed by atoms with Crippen molar-refractivity contribution in [2.24, 2.45) is 11.7 Å². The van der Waals surface area contributed by atoms with Crippen LogP contribution in [0.25, 0.3) is 0 Å². The highest BCUT2D eigenvalue weighted by Crippen LogP contribution is 2.52. The van der Waals surface area contributed by atoms with Crippen molar-refractivity contribution >= 4 is 29.4 Å². The number of amides is 1. The van der Waals surface area contributed by atoms with Gasteiger partial charge in [-0.05, 0) is 72.2 Å². The third-order valence-electron chi connectivity index (χ3n) is 14.7. The molecule has 22 heteroatoms. The summed E-state index contributed by atoms with van der Waals surface area (Å²) in [6.07, 6.45) is -6.37. The van der Waals surface area contributed by atoms with Gasteiger partial charge in [0, 0.05) is 53.2 Å². The summed E-state index contributed by atoms with van der Waals surface area (Å²) in [5.41, 5.74) is 8.18. The number of allylic oxidation sites excluding steroid dienone is 1. The number of ether oxygens (including phenoxy) is 5. The topological polar surface area (TPSA) is 325 Å². The molecule has 7 aliphatic rings. The van der Waals surface area contributed by atoms with Crippen molar-refractivity contribution in [2.45, 2.75) is 106 Å². The molecule has 0 saturated carbocycles. The summed E-state index contributed by atoms with van der Waals surface area (Å²) in [7, 11) is 0. The fourth-order valence-electron chi connectivity index (χ4n) is 10.9. The number of nitrogens with zero attached hydrogens (tertiary/aromatic N) is 1. The summed E-state index contributed by atoms with van der Waals surface area (Å²) in [4.78, 5) is 57.2. The number of aliphatic hydroxyl groups is 5. The summed E-state index contributed by atoms with van der Waals surface area (Å²) in [5.74, 6) is 2.31. The fraction of sp³-hybridized carbons (Fsp3) is 0.462. The van der Waals surface area contributed by atoms with Crippen LogP contribution in [0.4, 0.5) is 5.69 Å². The van der Waals surface area contributed by atoms with Gasteiger partial charge < -0.3 is 69.5 Å². The van der Waals surface area contributed by atoms with Crippen LogP contribution in [0.3, 0.4) is 0 Å². The van der Waals surface area contributed by atoms with Crippen LogP contribution >= 0.6 is 0 Å². The van der Waals surface area contributed by atoms with Crippen molar-refractivity contribution in [3.05, 3.63) is 111 Å². The molecule has 10 rings (SSSR count). The lowest BCUT2D eigenvalue weighted by Crippen LogP contribution is -2.70. The van der Waals surface area contributed by atoms with E-state index in [4.69, 9.17) is 29.4 Å². The van der Waals surface area contributed by atoms with Crippen molar-refractivity contribution < 1.29 is 73.6 Å². The highest BCUT2D eigenvalue weighted by molar-refractivity contribution is 6.29. The summed E-state index contributed by atoms with van der Waals surface area (Å²) in [6, 6.07) is 12.6. The number of hydroxylamine groups is 1. The standard InChI is InChI=1S/C52H59N7O15/c53-51-56-48-41(49(67)57-51)55-25-59(48)36-6-2-1-5-32(36)39-28-8-9-29(62)4-3-14-52(68)37(24-70-22-28)73-50(46(47(52)66)71-17-13-26-11-15-54-38(19-26)58-69)74-44-35(39)20-34-40(45(44)72-23-30(63)12-16-60)43(65)33-18-27(21-61)7-10-31(33)42(34)64/h1-2,5-7,10-11,16,18-20,28-30,37,39,41,46-48,50-51,54-56,58,61-63,66,68-69H,4,8-9,12-13,15,17,21-25,53H2,(H,57,67). The molecule has 3 aromatic carbocycles. The number of dihydropyridines is 1. The number of hydrogen-bond donors (Lipinski definition) is 12. The van der Waals surface area contributed by atoms with Gasteiger partial charge in [0.15, 0.2) is 28.7 Å². The lowest BCUT2D eigenvalue weighted by Gasteiger charge is -2.47. The molecule has 1 aliphatic carbocycles. The van der Waals surface area contributed by atoms with Crippen LogP contribution in [0.2, 0.25) is 0 Å². The van der Waals surface area contributed by atoms with Gasteiger partial charge in [-0.3, -0.25) is 41.4 Å². The summed E-state index contributed by atoms with van der Waals surface area (Å²) in [5, 5.41) is 79.7. The molecular formula is C52H59N7O15. The number of ketones is 2. The van der Waals surface area contributed by atoms with Gasteiger partial charge in [0.1, 0.15) is 55.5 Å². The minimum Gasteiger partial charge on any atom is -0.486 e. The molecule has 12 atom stereocenters. The van der Waals surface area contributed by atoms with Crippen molar-refractivity contribution in [1.82, 2.24) is 26.7 Å². The molecule has 12 unspecified atom stereocenters. The molecule has 74 heavy (non-hydrogen) atoms. The highest BCUT2D eigenvalue weighted by Gasteiger charge is 2.57. The first-order valence-corrected chi connectivity index (χ1v) is 24.7. The van der Waals surface area contributed by atoms with Gasteiger partial charge in [-0.1, -0.05) is 42.2 Å². The average molecular weight is 1020 g/mol. The molecule has 0 aromatic heterocycles. The number of carbonyl (C=O) groups is 4. The Labute approximate surface area is 424 Å². The van der Waals surface area contributed by atoms with Crippen molar-refractivity contribution in [1.29, 1.82) is 0 Å². The van der Waals surface area contributed by atoms with Crippen molar-refractivity contribution in [3.63, 3.8) is 0 Å². The van der Waals surface area contributed by atoms with E-state index in [0.717, 1.165) is 5.57 Å². The van der Waals surface area contributed by atoms with Crippen LogP contribution in [0.1, 0.15) is 86.6 Å². The predicted molar refractivity (Wildman–Crippen MR) is 259 cm³/mol. The van der Waals surface area contributed by atoms with Gasteiger partial charge >= 0.3 is 0 Å². The third kappa shape index (κ3) is 9.66. The minimum atomic E-state index is -2.38. The first kappa shape index (κ1) is 51.2. The molecule has 1 amide bonds. The Morgan fingerprint density at radius 2 is 1.88 bits per heavy atom. The van der Waals surface area contributed by atoms with Crippen molar-refractivity contribution in [3.8, 4) is 23.3 Å². The monoisotopic (exact) mass is 1020 g/mol. The summed E-state index contributed by atoms with van der Waals surface area (Å²) in [6.45, 7) is -0.996. The first-order chi connectivity index (χ1) is 35.8. The predicted octanol–water partition coefficient (Wildman–Crippen LogP) is -1.05. The van der Waals surface area contributed by atoms with Crippen LogP contribution in [0, 0.1) is 17.8 Å². The number of fused-ring (bicyclic) bond motifs is 8. The highest BCUT2D eigenvalue weighted by atomic mass is 16.7. The van der Waals surface area contributed by atoms with E-state index in [1.54, 1.807) is 12.1 Å². The Hall–Kier alpha value is -6.30. The van der Waals surface area contributed by atoms with Gasteiger partial charge in [-0.25, -0.2) is 0 Å². The largest absolute Gasteiger partial charge is 0.486 e. The van der Waals surface area contributed by atoms with Crippen LogP contribution in [0.15, 0.2) is 72.1 Å². The van der Waals surface area contributed by atoms with Crippen LogP contribution < -0.4 is 46.9 Å². The Balaban J connectivity index is 1.22. The van der Waals surface area contributed by atoms with Gasteiger partial charge in [0.2, 0.25) is 12.2 Å². The van der Waals surface area contributed by atoms with E-state index in [1.165, 1.54) is 18.2 Å². The SMILES string of the molecule is NC1NC(=O)C2NCN(c3ccccc3C3c4cc5c(c(OCC(O)CC=O)c4OC4OC6COCC3CCC(O)CC#CC6(O)C(O)C4OCCC3=CCNC(NO)=C3)C(=O)c3cc(CO)ccc3C5=O)C2N1. The maximum Gasteiger partial charge on any atom is 0.242 e. The van der Waals surface area contributed by atoms with E-state index in [9.17, 15) is 40.3 Å². The smallest absolute Gasteiger partial charge is 0.242 e. The number of rotatable bonds is 13. The second-order valence-corrected chi connectivity index (χ2v) is 19.4. The number of nitrogens with one attached hydrogen (secondary N) is 5. The Bertz CT molecular complexity index is 2820. The molecule has 3 fully saturated rings. The number of nitrogens with two attached hydrogens (primary N) is 1. The van der Waals surface area contributed by atoms with E-state index < -0.39 is 97.5 Å². The molecule has 3 saturated heterocycles. The lowest BCUT2D eigenvalue weighted by molar-refractivity contribution is -0.308. The number of carbonyl (C=O) groups excluding carboxylic acids is 4. The number of anilines is 1. The molecule has 0 spiro atoms. The zero-order valence-corrected chi connectivity index (χ0v) is 40.1. The molecular weight excluding hydrogens is 963 g/mol. The van der Waals surface area contributed by atoms with E-state index in [1.807, 2.05) is 35.2 Å². The van der Waals surface area contributed by atoms with E-state index in [0.29, 0.717) is 35.5 Å². The molecule has 22 nitrogen and oxygen atoms in total. The quantitative estimate of drug-likeness (QED) is 0.0432. The van der Waals surface area contributed by atoms with Crippen molar-refractivity contribution in [2.75, 3.05) is 44.5 Å². The number of para-hydroxylation sites is 1. The van der Waals surface area contributed by atoms with Crippen LogP contribution in [-0.4, -0.2) is 155 Å². The molecule has 392 valence electrons. The number of aliphatic hydroxyl groups excluding tert-OH is 4. The lowest BCUT2D eigenvalue weighted by atomic mass is 9.74. The maximum absolute atomic E-state index is 15.2. The van der Waals surface area contributed by atoms with E-state index in [-0.39, 0.29) is 104 Å². The van der Waals surface area contributed by atoms with Crippen LogP contribution in [-0.2, 0) is 30.4 Å². The Morgan fingerprint density at radius 1 is 1.04 bits per heavy atom. The second-order valence-electron chi connectivity index (χ2n) is 19.4. The summed E-state index contributed by atoms with van der Waals surface area (Å²) >= 11 is 0. The Morgan fingerprint density at radius 3 is 2.69 bits per heavy atom. The zero-order chi connectivity index (χ0) is 51.8. The summed E-state index contributed by atoms with van der Waals surface area (Å²) < 4.78 is 33.3. The van der Waals surface area contributed by atoms with Gasteiger partial charge in [-0.15, -0.1) is 0 Å². The van der Waals surface area contributed by atoms with Crippen LogP contribution in [0.5, 0.6) is 11.5 Å². The number of benzene rings is 3. The molecule has 6 aliphatic heterocycles. The third-order valence-corrected chi connectivity index (χ3v) is 14.7. The molecule has 13 N–H and O–H groups in total. The minimum absolute atomic E-state index is 0.0436. The zero-order valence-electron chi connectivity index (χ0n) is 40.1. The first-order valence-electron chi connectivity index (χ1n) is 24.7. The number of aldehydes is 1. The Kier molecular flexibility index (Phi) is 14.9.